The third-order valence-electron chi connectivity index (χ3n) is 4.17. The van der Waals surface area contributed by atoms with Gasteiger partial charge in [0.05, 0.1) is 23.7 Å². The number of sulfonamides is 1. The van der Waals surface area contributed by atoms with Crippen molar-refractivity contribution in [2.75, 3.05) is 26.3 Å². The third kappa shape index (κ3) is 4.47. The highest BCUT2D eigenvalue weighted by atomic mass is 35.5. The lowest BCUT2D eigenvalue weighted by atomic mass is 10.2. The monoisotopic (exact) mass is 412 g/mol. The SMILES string of the molecule is O=C(NCc1ccccc1S(=O)(=O)N1CCOCC1)c1cc(Cl)ccc1F. The summed E-state index contributed by atoms with van der Waals surface area (Å²) in [7, 11) is -3.71. The number of hydrogen-bond acceptors (Lipinski definition) is 4. The van der Waals surface area contributed by atoms with Crippen LogP contribution in [-0.2, 0) is 21.3 Å². The van der Waals surface area contributed by atoms with Crippen LogP contribution >= 0.6 is 11.6 Å². The minimum Gasteiger partial charge on any atom is -0.379 e. The summed E-state index contributed by atoms with van der Waals surface area (Å²) in [5.41, 5.74) is 0.218. The average molecular weight is 413 g/mol. The Morgan fingerprint density at radius 2 is 1.89 bits per heavy atom. The fourth-order valence-corrected chi connectivity index (χ4v) is 4.57. The molecule has 0 atom stereocenters. The van der Waals surface area contributed by atoms with Gasteiger partial charge in [0.25, 0.3) is 5.91 Å². The maximum atomic E-state index is 13.8. The standard InChI is InChI=1S/C18H18ClFN2O4S/c19-14-5-6-16(20)15(11-14)18(23)21-12-13-3-1-2-4-17(13)27(24,25)22-7-9-26-10-8-22/h1-6,11H,7-10,12H2,(H,21,23). The summed E-state index contributed by atoms with van der Waals surface area (Å²) >= 11 is 5.81. The van der Waals surface area contributed by atoms with E-state index in [1.807, 2.05) is 0 Å². The average Bonchev–Trinajstić information content (AvgIpc) is 2.69. The Bertz CT molecular complexity index is 946. The summed E-state index contributed by atoms with van der Waals surface area (Å²) in [5, 5.41) is 2.79. The van der Waals surface area contributed by atoms with Crippen LogP contribution in [-0.4, -0.2) is 44.9 Å². The van der Waals surface area contributed by atoms with Gasteiger partial charge in [0.2, 0.25) is 10.0 Å². The fourth-order valence-electron chi connectivity index (χ4n) is 2.77. The van der Waals surface area contributed by atoms with E-state index in [-0.39, 0.29) is 35.1 Å². The normalized spacial score (nSPS) is 15.5. The molecule has 9 heteroatoms. The van der Waals surface area contributed by atoms with Gasteiger partial charge in [-0.1, -0.05) is 29.8 Å². The summed E-state index contributed by atoms with van der Waals surface area (Å²) < 4.78 is 46.2. The van der Waals surface area contributed by atoms with Gasteiger partial charge >= 0.3 is 0 Å². The Morgan fingerprint density at radius 3 is 2.63 bits per heavy atom. The molecule has 27 heavy (non-hydrogen) atoms. The summed E-state index contributed by atoms with van der Waals surface area (Å²) in [6.45, 7) is 1.16. The zero-order valence-corrected chi connectivity index (χ0v) is 15.9. The van der Waals surface area contributed by atoms with Crippen LogP contribution in [0.2, 0.25) is 5.02 Å². The van der Waals surface area contributed by atoms with E-state index in [9.17, 15) is 17.6 Å². The molecule has 1 fully saturated rings. The van der Waals surface area contributed by atoms with Crippen LogP contribution in [0.15, 0.2) is 47.4 Å². The molecule has 1 aliphatic rings. The van der Waals surface area contributed by atoms with Crippen LogP contribution < -0.4 is 5.32 Å². The number of carbonyl (C=O) groups excluding carboxylic acids is 1. The number of nitrogens with one attached hydrogen (secondary N) is 1. The highest BCUT2D eigenvalue weighted by Crippen LogP contribution is 2.21. The van der Waals surface area contributed by atoms with E-state index in [2.05, 4.69) is 5.32 Å². The number of morpholine rings is 1. The molecule has 0 aliphatic carbocycles. The second-order valence-electron chi connectivity index (χ2n) is 5.93. The summed E-state index contributed by atoms with van der Waals surface area (Å²) in [5.74, 6) is -1.38. The van der Waals surface area contributed by atoms with Crippen LogP contribution in [0.4, 0.5) is 4.39 Å². The maximum Gasteiger partial charge on any atom is 0.254 e. The van der Waals surface area contributed by atoms with E-state index in [1.54, 1.807) is 18.2 Å². The van der Waals surface area contributed by atoms with Crippen molar-refractivity contribution in [3.63, 3.8) is 0 Å². The second kappa shape index (κ2) is 8.35. The highest BCUT2D eigenvalue weighted by Gasteiger charge is 2.28. The first kappa shape index (κ1) is 19.8. The van der Waals surface area contributed by atoms with Crippen LogP contribution in [0.3, 0.4) is 0 Å². The molecule has 1 heterocycles. The zero-order chi connectivity index (χ0) is 19.4. The van der Waals surface area contributed by atoms with Gasteiger partial charge in [0.15, 0.2) is 0 Å². The number of halogens is 2. The predicted octanol–water partition coefficient (Wildman–Crippen LogP) is 2.43. The molecule has 0 bridgehead atoms. The van der Waals surface area contributed by atoms with Crippen molar-refractivity contribution in [3.8, 4) is 0 Å². The lowest BCUT2D eigenvalue weighted by molar-refractivity contribution is 0.0730. The van der Waals surface area contributed by atoms with Crippen molar-refractivity contribution < 1.29 is 22.3 Å². The number of amides is 1. The van der Waals surface area contributed by atoms with Crippen molar-refractivity contribution in [1.29, 1.82) is 0 Å². The van der Waals surface area contributed by atoms with Gasteiger partial charge in [0.1, 0.15) is 5.82 Å². The molecule has 2 aromatic carbocycles. The number of rotatable bonds is 5. The molecule has 6 nitrogen and oxygen atoms in total. The van der Waals surface area contributed by atoms with Gasteiger partial charge in [-0.2, -0.15) is 4.31 Å². The number of ether oxygens (including phenoxy) is 1. The molecule has 1 saturated heterocycles. The largest absolute Gasteiger partial charge is 0.379 e. The first-order valence-corrected chi connectivity index (χ1v) is 10.1. The molecule has 2 aromatic rings. The van der Waals surface area contributed by atoms with Crippen LogP contribution in [0.5, 0.6) is 0 Å². The predicted molar refractivity (Wildman–Crippen MR) is 98.6 cm³/mol. The highest BCUT2D eigenvalue weighted by molar-refractivity contribution is 7.89. The maximum absolute atomic E-state index is 13.8. The molecule has 0 spiro atoms. The molecule has 0 radical (unpaired) electrons. The van der Waals surface area contributed by atoms with E-state index in [0.717, 1.165) is 6.07 Å². The molecule has 1 N–H and O–H groups in total. The molecule has 1 amide bonds. The third-order valence-corrected chi connectivity index (χ3v) is 6.41. The topological polar surface area (TPSA) is 75.7 Å². The fraction of sp³-hybridized carbons (Fsp3) is 0.278. The van der Waals surface area contributed by atoms with Crippen molar-refractivity contribution >= 4 is 27.5 Å². The first-order chi connectivity index (χ1) is 12.9. The van der Waals surface area contributed by atoms with Crippen LogP contribution in [0.1, 0.15) is 15.9 Å². The quantitative estimate of drug-likeness (QED) is 0.818. The molecule has 144 valence electrons. The Balaban J connectivity index is 1.80. The summed E-state index contributed by atoms with van der Waals surface area (Å²) in [6.07, 6.45) is 0. The van der Waals surface area contributed by atoms with E-state index in [1.165, 1.54) is 22.5 Å². The molecular weight excluding hydrogens is 395 g/mol. The Labute approximate surface area is 161 Å². The summed E-state index contributed by atoms with van der Waals surface area (Å²) in [4.78, 5) is 12.4. The van der Waals surface area contributed by atoms with Gasteiger partial charge < -0.3 is 10.1 Å². The number of benzene rings is 2. The number of nitrogens with zero attached hydrogens (tertiary/aromatic N) is 1. The Kier molecular flexibility index (Phi) is 6.11. The van der Waals surface area contributed by atoms with Crippen LogP contribution in [0.25, 0.3) is 0 Å². The van der Waals surface area contributed by atoms with Crippen LogP contribution in [0, 0.1) is 5.82 Å². The van der Waals surface area contributed by atoms with Crippen molar-refractivity contribution in [2.24, 2.45) is 0 Å². The zero-order valence-electron chi connectivity index (χ0n) is 14.3. The molecule has 0 saturated carbocycles. The first-order valence-electron chi connectivity index (χ1n) is 8.28. The van der Waals surface area contributed by atoms with E-state index in [4.69, 9.17) is 16.3 Å². The van der Waals surface area contributed by atoms with Gasteiger partial charge in [0, 0.05) is 24.7 Å². The molecule has 1 aliphatic heterocycles. The number of hydrogen-bond donors (Lipinski definition) is 1. The lowest BCUT2D eigenvalue weighted by Gasteiger charge is -2.27. The number of carbonyl (C=O) groups is 1. The van der Waals surface area contributed by atoms with E-state index >= 15 is 0 Å². The van der Waals surface area contributed by atoms with E-state index < -0.39 is 21.7 Å². The molecular formula is C18H18ClFN2O4S. The van der Waals surface area contributed by atoms with Crippen molar-refractivity contribution in [1.82, 2.24) is 9.62 Å². The lowest BCUT2D eigenvalue weighted by Crippen LogP contribution is -2.41. The Hall–Kier alpha value is -2.00. The Morgan fingerprint density at radius 1 is 1.19 bits per heavy atom. The smallest absolute Gasteiger partial charge is 0.254 e. The van der Waals surface area contributed by atoms with Crippen molar-refractivity contribution in [3.05, 3.63) is 64.4 Å². The van der Waals surface area contributed by atoms with E-state index in [0.29, 0.717) is 18.8 Å². The summed E-state index contributed by atoms with van der Waals surface area (Å²) in [6, 6.07) is 10.1. The molecule has 0 aromatic heterocycles. The van der Waals surface area contributed by atoms with Gasteiger partial charge in [-0.25, -0.2) is 12.8 Å². The second-order valence-corrected chi connectivity index (χ2v) is 8.27. The minimum atomic E-state index is -3.71. The van der Waals surface area contributed by atoms with Gasteiger partial charge in [-0.05, 0) is 29.8 Å². The minimum absolute atomic E-state index is 0.0650. The van der Waals surface area contributed by atoms with Gasteiger partial charge in [-0.15, -0.1) is 0 Å². The van der Waals surface area contributed by atoms with Crippen molar-refractivity contribution in [2.45, 2.75) is 11.4 Å². The van der Waals surface area contributed by atoms with Gasteiger partial charge in [-0.3, -0.25) is 4.79 Å². The molecule has 0 unspecified atom stereocenters. The molecule has 3 rings (SSSR count).